The van der Waals surface area contributed by atoms with Crippen molar-refractivity contribution in [1.82, 2.24) is 5.32 Å². The van der Waals surface area contributed by atoms with Crippen LogP contribution >= 0.6 is 35.0 Å². The number of halogens is 2. The number of thioether (sulfide) groups is 1. The third-order valence-electron chi connectivity index (χ3n) is 2.25. The van der Waals surface area contributed by atoms with E-state index in [2.05, 4.69) is 10.3 Å². The molecule has 18 heavy (non-hydrogen) atoms. The minimum atomic E-state index is -0.585. The Labute approximate surface area is 118 Å². The smallest absolute Gasteiger partial charge is 0.258 e. The van der Waals surface area contributed by atoms with Gasteiger partial charge in [-0.2, -0.15) is 0 Å². The molecule has 1 aliphatic heterocycles. The summed E-state index contributed by atoms with van der Waals surface area (Å²) in [5, 5.41) is 2.83. The third-order valence-corrected chi connectivity index (χ3v) is 3.80. The van der Waals surface area contributed by atoms with Crippen LogP contribution in [0.15, 0.2) is 29.3 Å². The number of amides is 1. The molecule has 0 saturated heterocycles. The lowest BCUT2D eigenvalue weighted by Crippen LogP contribution is -2.27. The van der Waals surface area contributed by atoms with E-state index in [1.54, 1.807) is 24.3 Å². The Morgan fingerprint density at radius 1 is 1.39 bits per heavy atom. The minimum Gasteiger partial charge on any atom is -0.301 e. The summed E-state index contributed by atoms with van der Waals surface area (Å²) in [5.74, 6) is 0.0926. The van der Waals surface area contributed by atoms with Crippen LogP contribution in [0.5, 0.6) is 0 Å². The zero-order valence-electron chi connectivity index (χ0n) is 9.02. The number of nitrogens with one attached hydrogen (secondary N) is 1. The van der Waals surface area contributed by atoms with Crippen LogP contribution in [0.25, 0.3) is 0 Å². The van der Waals surface area contributed by atoms with E-state index in [9.17, 15) is 9.59 Å². The fraction of sp³-hybridized carbons (Fsp3) is 0.182. The van der Waals surface area contributed by atoms with Gasteiger partial charge in [-0.25, -0.2) is 4.99 Å². The van der Waals surface area contributed by atoms with Gasteiger partial charge in [0.25, 0.3) is 5.91 Å². The number of nitrogens with zero attached hydrogens (tertiary/aromatic N) is 1. The fourth-order valence-electron chi connectivity index (χ4n) is 1.37. The van der Waals surface area contributed by atoms with Crippen LogP contribution < -0.4 is 5.32 Å². The maximum Gasteiger partial charge on any atom is 0.258 e. The lowest BCUT2D eigenvalue weighted by atomic mass is 10.2. The molecule has 1 aliphatic rings. The fourth-order valence-corrected chi connectivity index (χ4v) is 2.72. The highest BCUT2D eigenvalue weighted by molar-refractivity contribution is 8.14. The van der Waals surface area contributed by atoms with Crippen LogP contribution in [0.3, 0.4) is 0 Å². The summed E-state index contributed by atoms with van der Waals surface area (Å²) in [6.45, 7) is 0. The summed E-state index contributed by atoms with van der Waals surface area (Å²) in [5.41, 5.74) is 0.364. The lowest BCUT2D eigenvalue weighted by molar-refractivity contribution is -0.112. The summed E-state index contributed by atoms with van der Waals surface area (Å²) in [4.78, 5) is 26.8. The highest BCUT2D eigenvalue weighted by atomic mass is 35.5. The zero-order chi connectivity index (χ0) is 13.1. The number of hydrogen-bond acceptors (Lipinski definition) is 4. The molecule has 1 heterocycles. The number of aliphatic imine (C=N–C) groups is 1. The lowest BCUT2D eigenvalue weighted by Gasteiger charge is -2.04. The van der Waals surface area contributed by atoms with Crippen LogP contribution in [0.4, 0.5) is 0 Å². The van der Waals surface area contributed by atoms with E-state index in [0.717, 1.165) is 0 Å². The van der Waals surface area contributed by atoms with Gasteiger partial charge in [-0.15, -0.1) is 0 Å². The topological polar surface area (TPSA) is 58.5 Å². The molecule has 2 rings (SSSR count). The van der Waals surface area contributed by atoms with Gasteiger partial charge in [-0.05, 0) is 23.7 Å². The molecule has 1 aromatic carbocycles. The van der Waals surface area contributed by atoms with E-state index < -0.39 is 11.3 Å². The van der Waals surface area contributed by atoms with E-state index in [1.165, 1.54) is 11.8 Å². The Kier molecular flexibility index (Phi) is 4.27. The second-order valence-corrected chi connectivity index (χ2v) is 5.29. The predicted octanol–water partition coefficient (Wildman–Crippen LogP) is 2.31. The number of carbonyl (C=O) groups excluding carboxylic acids is 2. The third kappa shape index (κ3) is 3.04. The van der Waals surface area contributed by atoms with Gasteiger partial charge in [-0.3, -0.25) is 9.59 Å². The molecule has 0 aliphatic carbocycles. The van der Waals surface area contributed by atoms with Crippen molar-refractivity contribution in [2.24, 2.45) is 4.99 Å². The van der Waals surface area contributed by atoms with Crippen LogP contribution in [0, 0.1) is 0 Å². The first-order valence-corrected chi connectivity index (χ1v) is 6.78. The number of amidine groups is 1. The predicted molar refractivity (Wildman–Crippen MR) is 73.5 cm³/mol. The first-order valence-electron chi connectivity index (χ1n) is 5.04. The summed E-state index contributed by atoms with van der Waals surface area (Å²) in [7, 11) is 0. The molecule has 0 spiro atoms. The normalized spacial score (nSPS) is 18.3. The molecule has 1 unspecified atom stereocenters. The highest BCUT2D eigenvalue weighted by Crippen LogP contribution is 2.20. The van der Waals surface area contributed by atoms with Gasteiger partial charge in [0, 0.05) is 5.75 Å². The van der Waals surface area contributed by atoms with Gasteiger partial charge in [0.15, 0.2) is 5.17 Å². The SMILES string of the molecule is O=C(NC1=NC(C(=O)Cl)CS1)c1ccccc1Cl. The van der Waals surface area contributed by atoms with Crippen LogP contribution in [-0.4, -0.2) is 28.1 Å². The van der Waals surface area contributed by atoms with Gasteiger partial charge in [-0.1, -0.05) is 35.5 Å². The molecule has 94 valence electrons. The summed E-state index contributed by atoms with van der Waals surface area (Å²) < 4.78 is 0. The molecule has 0 aromatic heterocycles. The highest BCUT2D eigenvalue weighted by Gasteiger charge is 2.25. The number of carbonyl (C=O) groups is 2. The van der Waals surface area contributed by atoms with E-state index in [0.29, 0.717) is 21.5 Å². The summed E-state index contributed by atoms with van der Waals surface area (Å²) in [6.07, 6.45) is 0. The van der Waals surface area contributed by atoms with E-state index >= 15 is 0 Å². The van der Waals surface area contributed by atoms with Gasteiger partial charge in [0.05, 0.1) is 10.6 Å². The summed E-state index contributed by atoms with van der Waals surface area (Å²) in [6, 6.07) is 6.12. The minimum absolute atomic E-state index is 0.352. The molecule has 7 heteroatoms. The van der Waals surface area contributed by atoms with E-state index in [4.69, 9.17) is 23.2 Å². The standard InChI is InChI=1S/C11H8Cl2N2O2S/c12-7-4-2-1-3-6(7)10(17)15-11-14-8(5-18-11)9(13)16/h1-4,8H,5H2,(H,14,15,17). The van der Waals surface area contributed by atoms with Crippen molar-refractivity contribution < 1.29 is 9.59 Å². The molecule has 0 saturated carbocycles. The Balaban J connectivity index is 2.07. The van der Waals surface area contributed by atoms with Crippen molar-refractivity contribution in [2.75, 3.05) is 5.75 Å². The second kappa shape index (κ2) is 5.73. The molecular formula is C11H8Cl2N2O2S. The molecule has 4 nitrogen and oxygen atoms in total. The number of hydrogen-bond donors (Lipinski definition) is 1. The molecular weight excluding hydrogens is 295 g/mol. The van der Waals surface area contributed by atoms with Gasteiger partial charge in [0.1, 0.15) is 6.04 Å². The van der Waals surface area contributed by atoms with Gasteiger partial charge in [0.2, 0.25) is 5.24 Å². The zero-order valence-corrected chi connectivity index (χ0v) is 11.4. The molecule has 0 radical (unpaired) electrons. The van der Waals surface area contributed by atoms with Crippen molar-refractivity contribution >= 4 is 51.3 Å². The van der Waals surface area contributed by atoms with Crippen molar-refractivity contribution in [3.8, 4) is 0 Å². The number of rotatable bonds is 2. The van der Waals surface area contributed by atoms with Crippen molar-refractivity contribution in [3.05, 3.63) is 34.9 Å². The maximum absolute atomic E-state index is 11.9. The van der Waals surface area contributed by atoms with Crippen molar-refractivity contribution in [3.63, 3.8) is 0 Å². The Hall–Kier alpha value is -1.04. The Bertz CT molecular complexity index is 534. The van der Waals surface area contributed by atoms with Crippen LogP contribution in [-0.2, 0) is 4.79 Å². The largest absolute Gasteiger partial charge is 0.301 e. The Morgan fingerprint density at radius 2 is 2.11 bits per heavy atom. The van der Waals surface area contributed by atoms with Crippen molar-refractivity contribution in [1.29, 1.82) is 0 Å². The van der Waals surface area contributed by atoms with E-state index in [1.807, 2.05) is 0 Å². The van der Waals surface area contributed by atoms with Gasteiger partial charge >= 0.3 is 0 Å². The van der Waals surface area contributed by atoms with Crippen LogP contribution in [0.1, 0.15) is 10.4 Å². The van der Waals surface area contributed by atoms with E-state index in [-0.39, 0.29) is 5.91 Å². The summed E-state index contributed by atoms with van der Waals surface area (Å²) >= 11 is 12.5. The quantitative estimate of drug-likeness (QED) is 0.853. The maximum atomic E-state index is 11.9. The van der Waals surface area contributed by atoms with Gasteiger partial charge < -0.3 is 5.32 Å². The molecule has 1 atom stereocenters. The second-order valence-electron chi connectivity index (χ2n) is 3.50. The molecule has 1 amide bonds. The molecule has 0 fully saturated rings. The number of benzene rings is 1. The average Bonchev–Trinajstić information content (AvgIpc) is 2.78. The Morgan fingerprint density at radius 3 is 2.72 bits per heavy atom. The molecule has 0 bridgehead atoms. The van der Waals surface area contributed by atoms with Crippen LogP contribution in [0.2, 0.25) is 5.02 Å². The average molecular weight is 303 g/mol. The molecule has 1 aromatic rings. The van der Waals surface area contributed by atoms with Crippen molar-refractivity contribution in [2.45, 2.75) is 6.04 Å². The first-order chi connectivity index (χ1) is 8.58. The molecule has 1 N–H and O–H groups in total. The first kappa shape index (κ1) is 13.4. The monoisotopic (exact) mass is 302 g/mol.